The molecule has 2 unspecified atom stereocenters. The number of amides is 1. The van der Waals surface area contributed by atoms with E-state index in [2.05, 4.69) is 22.4 Å². The molecule has 7 nitrogen and oxygen atoms in total. The van der Waals surface area contributed by atoms with Crippen LogP contribution in [-0.4, -0.2) is 45.9 Å². The van der Waals surface area contributed by atoms with E-state index in [4.69, 9.17) is 10.00 Å². The van der Waals surface area contributed by atoms with E-state index in [0.29, 0.717) is 24.8 Å². The van der Waals surface area contributed by atoms with Crippen molar-refractivity contribution in [1.82, 2.24) is 15.1 Å². The number of piperidine rings is 1. The van der Waals surface area contributed by atoms with Crippen LogP contribution in [0.25, 0.3) is 0 Å². The average molecular weight is 317 g/mol. The maximum Gasteiger partial charge on any atom is 0.410 e. The van der Waals surface area contributed by atoms with E-state index in [1.54, 1.807) is 17.0 Å². The summed E-state index contributed by atoms with van der Waals surface area (Å²) in [7, 11) is 0. The van der Waals surface area contributed by atoms with Crippen LogP contribution in [0.1, 0.15) is 39.8 Å². The summed E-state index contributed by atoms with van der Waals surface area (Å²) in [5.74, 6) is 0.998. The molecule has 1 saturated heterocycles. The number of hydrogen-bond acceptors (Lipinski definition) is 6. The molecule has 1 aromatic rings. The van der Waals surface area contributed by atoms with Gasteiger partial charge < -0.3 is 15.0 Å². The molecule has 1 aliphatic heterocycles. The third kappa shape index (κ3) is 4.81. The molecule has 2 heterocycles. The van der Waals surface area contributed by atoms with Gasteiger partial charge in [0.15, 0.2) is 5.69 Å². The van der Waals surface area contributed by atoms with Gasteiger partial charge in [0, 0.05) is 19.1 Å². The van der Waals surface area contributed by atoms with Gasteiger partial charge in [-0.3, -0.25) is 0 Å². The average Bonchev–Trinajstić information content (AvgIpc) is 2.48. The minimum absolute atomic E-state index is 0.0681. The summed E-state index contributed by atoms with van der Waals surface area (Å²) in [5.41, 5.74) is -0.218. The molecule has 7 heteroatoms. The van der Waals surface area contributed by atoms with Gasteiger partial charge in [0.25, 0.3) is 0 Å². The molecule has 1 fully saturated rings. The van der Waals surface area contributed by atoms with Gasteiger partial charge in [-0.2, -0.15) is 5.26 Å². The molecule has 0 radical (unpaired) electrons. The lowest BCUT2D eigenvalue weighted by molar-refractivity contribution is 0.0176. The number of aromatic nitrogens is 2. The molecule has 23 heavy (non-hydrogen) atoms. The fourth-order valence-corrected chi connectivity index (χ4v) is 2.41. The van der Waals surface area contributed by atoms with E-state index < -0.39 is 5.60 Å². The van der Waals surface area contributed by atoms with E-state index in [0.717, 1.165) is 6.42 Å². The van der Waals surface area contributed by atoms with E-state index in [-0.39, 0.29) is 17.8 Å². The lowest BCUT2D eigenvalue weighted by Crippen LogP contribution is -2.50. The highest BCUT2D eigenvalue weighted by atomic mass is 16.6. The number of carbonyl (C=O) groups excluding carboxylic acids is 1. The summed E-state index contributed by atoms with van der Waals surface area (Å²) in [5, 5.41) is 19.8. The van der Waals surface area contributed by atoms with E-state index in [1.807, 2.05) is 26.8 Å². The SMILES string of the molecule is CC1CCN(C(=O)OC(C)(C)C)CC1Nc1ccc(C#N)nn1. The van der Waals surface area contributed by atoms with Crippen molar-refractivity contribution >= 4 is 11.9 Å². The van der Waals surface area contributed by atoms with Crippen LogP contribution in [0.4, 0.5) is 10.6 Å². The smallest absolute Gasteiger partial charge is 0.410 e. The first-order valence-electron chi connectivity index (χ1n) is 7.77. The molecular formula is C16H23N5O2. The number of nitriles is 1. The highest BCUT2D eigenvalue weighted by molar-refractivity contribution is 5.68. The Balaban J connectivity index is 2.00. The van der Waals surface area contributed by atoms with Crippen molar-refractivity contribution in [2.45, 2.75) is 45.8 Å². The lowest BCUT2D eigenvalue weighted by Gasteiger charge is -2.38. The zero-order chi connectivity index (χ0) is 17.0. The Morgan fingerprint density at radius 3 is 2.74 bits per heavy atom. The van der Waals surface area contributed by atoms with Gasteiger partial charge in [-0.1, -0.05) is 6.92 Å². The predicted octanol–water partition coefficient (Wildman–Crippen LogP) is 2.41. The van der Waals surface area contributed by atoms with Gasteiger partial charge in [-0.05, 0) is 45.2 Å². The summed E-state index contributed by atoms with van der Waals surface area (Å²) < 4.78 is 5.44. The molecule has 124 valence electrons. The van der Waals surface area contributed by atoms with E-state index in [1.165, 1.54) is 0 Å². The molecule has 1 amide bonds. The molecule has 1 N–H and O–H groups in total. The number of ether oxygens (including phenoxy) is 1. The monoisotopic (exact) mass is 317 g/mol. The van der Waals surface area contributed by atoms with Crippen molar-refractivity contribution in [3.8, 4) is 6.07 Å². The molecule has 0 saturated carbocycles. The van der Waals surface area contributed by atoms with Gasteiger partial charge in [0.1, 0.15) is 17.5 Å². The van der Waals surface area contributed by atoms with Crippen LogP contribution >= 0.6 is 0 Å². The summed E-state index contributed by atoms with van der Waals surface area (Å²) in [6.45, 7) is 8.96. The number of nitrogens with zero attached hydrogens (tertiary/aromatic N) is 4. The molecule has 2 rings (SSSR count). The zero-order valence-corrected chi connectivity index (χ0v) is 14.0. The predicted molar refractivity (Wildman–Crippen MR) is 85.7 cm³/mol. The van der Waals surface area contributed by atoms with Crippen LogP contribution in [0, 0.1) is 17.2 Å². The molecular weight excluding hydrogens is 294 g/mol. The molecule has 0 bridgehead atoms. The minimum atomic E-state index is -0.498. The van der Waals surface area contributed by atoms with Crippen molar-refractivity contribution in [2.75, 3.05) is 18.4 Å². The lowest BCUT2D eigenvalue weighted by atomic mass is 9.93. The topological polar surface area (TPSA) is 91.1 Å². The van der Waals surface area contributed by atoms with Crippen molar-refractivity contribution < 1.29 is 9.53 Å². The van der Waals surface area contributed by atoms with E-state index >= 15 is 0 Å². The van der Waals surface area contributed by atoms with Crippen molar-refractivity contribution in [3.05, 3.63) is 17.8 Å². The second kappa shape index (κ2) is 6.82. The highest BCUT2D eigenvalue weighted by Crippen LogP contribution is 2.22. The Labute approximate surface area is 136 Å². The van der Waals surface area contributed by atoms with Crippen LogP contribution in [0.15, 0.2) is 12.1 Å². The molecule has 2 atom stereocenters. The van der Waals surface area contributed by atoms with E-state index in [9.17, 15) is 4.79 Å². The van der Waals surface area contributed by atoms with Crippen LogP contribution in [0.2, 0.25) is 0 Å². The van der Waals surface area contributed by atoms with Crippen molar-refractivity contribution in [3.63, 3.8) is 0 Å². The highest BCUT2D eigenvalue weighted by Gasteiger charge is 2.31. The van der Waals surface area contributed by atoms with Crippen LogP contribution in [-0.2, 0) is 4.74 Å². The minimum Gasteiger partial charge on any atom is -0.444 e. The van der Waals surface area contributed by atoms with Crippen molar-refractivity contribution in [2.24, 2.45) is 5.92 Å². The van der Waals surface area contributed by atoms with Crippen LogP contribution in [0.3, 0.4) is 0 Å². The van der Waals surface area contributed by atoms with Gasteiger partial charge in [-0.15, -0.1) is 10.2 Å². The van der Waals surface area contributed by atoms with Gasteiger partial charge in [0.05, 0.1) is 0 Å². The van der Waals surface area contributed by atoms with Crippen LogP contribution in [0.5, 0.6) is 0 Å². The summed E-state index contributed by atoms with van der Waals surface area (Å²) in [4.78, 5) is 13.9. The second-order valence-corrected chi connectivity index (χ2v) is 6.86. The number of hydrogen-bond donors (Lipinski definition) is 1. The largest absolute Gasteiger partial charge is 0.444 e. The Morgan fingerprint density at radius 2 is 2.17 bits per heavy atom. The molecule has 0 aliphatic carbocycles. The third-order valence-corrected chi connectivity index (χ3v) is 3.72. The summed E-state index contributed by atoms with van der Waals surface area (Å²) in [6, 6.07) is 5.35. The zero-order valence-electron chi connectivity index (χ0n) is 14.0. The normalized spacial score (nSPS) is 21.4. The van der Waals surface area contributed by atoms with Crippen LogP contribution < -0.4 is 5.32 Å². The van der Waals surface area contributed by atoms with Gasteiger partial charge in [0.2, 0.25) is 0 Å². The number of carbonyl (C=O) groups is 1. The first kappa shape index (κ1) is 17.0. The van der Waals surface area contributed by atoms with Gasteiger partial charge in [-0.25, -0.2) is 4.79 Å². The Kier molecular flexibility index (Phi) is 5.04. The Morgan fingerprint density at radius 1 is 1.43 bits per heavy atom. The fourth-order valence-electron chi connectivity index (χ4n) is 2.41. The standard InChI is InChI=1S/C16H23N5O2/c1-11-7-8-21(15(22)23-16(2,3)4)10-13(11)18-14-6-5-12(9-17)19-20-14/h5-6,11,13H,7-8,10H2,1-4H3,(H,18,20). The third-order valence-electron chi connectivity index (χ3n) is 3.72. The number of anilines is 1. The summed E-state index contributed by atoms with van der Waals surface area (Å²) in [6.07, 6.45) is 0.600. The fraction of sp³-hybridized carbons (Fsp3) is 0.625. The Hall–Kier alpha value is -2.36. The maximum absolute atomic E-state index is 12.2. The number of likely N-dealkylation sites (tertiary alicyclic amines) is 1. The number of rotatable bonds is 2. The van der Waals surface area contributed by atoms with Gasteiger partial charge >= 0.3 is 6.09 Å². The summed E-state index contributed by atoms with van der Waals surface area (Å²) >= 11 is 0. The quantitative estimate of drug-likeness (QED) is 0.900. The maximum atomic E-state index is 12.2. The molecule has 1 aromatic heterocycles. The Bertz CT molecular complexity index is 588. The van der Waals surface area contributed by atoms with Crippen molar-refractivity contribution in [1.29, 1.82) is 5.26 Å². The molecule has 0 spiro atoms. The second-order valence-electron chi connectivity index (χ2n) is 6.86. The molecule has 1 aliphatic rings. The number of nitrogens with one attached hydrogen (secondary N) is 1. The first-order valence-corrected chi connectivity index (χ1v) is 7.77. The first-order chi connectivity index (χ1) is 10.8. The molecule has 0 aromatic carbocycles.